The van der Waals surface area contributed by atoms with Crippen molar-refractivity contribution in [1.82, 2.24) is 29.0 Å². The third-order valence-electron chi connectivity index (χ3n) is 17.7. The predicted molar refractivity (Wildman–Crippen MR) is 330 cm³/mol. The van der Waals surface area contributed by atoms with Gasteiger partial charge >= 0.3 is 12.4 Å². The number of aliphatic hydroxyl groups excluding tert-OH is 2. The SMILES string of the molecule is Cc1cc2ccc1CCS(=O)(=O)N1CCC3(CC1)N=C(NC3=O)c1cc(cc(C(F)(F)F)c1)OCCC(O)C(O)CCCN(C)C2=O.Cc1cc2ccc1CCS(=O)(=O)N1CCC3(CC1)N=C(NC3=O)c1cc(cc(C(F)(F)F)c1)OCCC=CCCCN(C)C2=O. The van der Waals surface area contributed by atoms with E-state index in [1.807, 2.05) is 19.1 Å². The second kappa shape index (κ2) is 28.1. The van der Waals surface area contributed by atoms with Gasteiger partial charge in [0.2, 0.25) is 20.0 Å². The van der Waals surface area contributed by atoms with Crippen molar-refractivity contribution in [2.75, 3.05) is 78.1 Å². The summed E-state index contributed by atoms with van der Waals surface area (Å²) in [4.78, 5) is 64.5. The highest BCUT2D eigenvalue weighted by molar-refractivity contribution is 7.89. The van der Waals surface area contributed by atoms with E-state index in [1.165, 1.54) is 25.6 Å². The Labute approximate surface area is 530 Å². The molecule has 0 aromatic heterocycles. The number of allylic oxidation sites excluding steroid dienone is 1. The molecule has 4 aromatic rings. The topological polar surface area (TPSA) is 257 Å². The van der Waals surface area contributed by atoms with Gasteiger partial charge in [-0.1, -0.05) is 24.3 Å². The number of rotatable bonds is 0. The van der Waals surface area contributed by atoms with Crippen LogP contribution >= 0.6 is 0 Å². The summed E-state index contributed by atoms with van der Waals surface area (Å²) in [6.45, 7) is 4.54. The van der Waals surface area contributed by atoms with E-state index >= 15 is 0 Å². The number of sulfonamides is 2. The molecule has 92 heavy (non-hydrogen) atoms. The normalized spacial score (nSPS) is 26.2. The van der Waals surface area contributed by atoms with Crippen LogP contribution in [0, 0.1) is 13.8 Å². The molecule has 0 aliphatic carbocycles. The first-order valence-electron chi connectivity index (χ1n) is 30.6. The highest BCUT2D eigenvalue weighted by atomic mass is 32.2. The average molecular weight is 1330 g/mol. The molecule has 0 radical (unpaired) electrons. The molecular formula is C64H76F6N8O12S2. The molecular weight excluding hydrogens is 1250 g/mol. The molecule has 28 heteroatoms. The van der Waals surface area contributed by atoms with E-state index in [-0.39, 0.29) is 148 Å². The summed E-state index contributed by atoms with van der Waals surface area (Å²) < 4.78 is 150. The summed E-state index contributed by atoms with van der Waals surface area (Å²) in [6, 6.07) is 16.6. The van der Waals surface area contributed by atoms with Crippen molar-refractivity contribution in [1.29, 1.82) is 0 Å². The third-order valence-corrected chi connectivity index (χ3v) is 21.4. The maximum Gasteiger partial charge on any atom is 0.416 e. The van der Waals surface area contributed by atoms with Crippen molar-refractivity contribution in [2.24, 2.45) is 9.98 Å². The number of benzene rings is 4. The fraction of sp³-hybridized carbons (Fsp3) is 0.500. The summed E-state index contributed by atoms with van der Waals surface area (Å²) in [5, 5.41) is 26.2. The van der Waals surface area contributed by atoms with Crippen LogP contribution in [0.2, 0.25) is 0 Å². The lowest BCUT2D eigenvalue weighted by Gasteiger charge is -2.34. The number of hydrogen-bond acceptors (Lipinski definition) is 14. The minimum Gasteiger partial charge on any atom is -0.493 e. The Hall–Kier alpha value is -7.24. The number of amides is 4. The summed E-state index contributed by atoms with van der Waals surface area (Å²) in [5.41, 5.74) is -0.352. The number of piperidine rings is 2. The first-order chi connectivity index (χ1) is 43.3. The molecule has 2 atom stereocenters. The van der Waals surface area contributed by atoms with Crippen molar-refractivity contribution in [3.05, 3.63) is 141 Å². The Balaban J connectivity index is 0.000000218. The van der Waals surface area contributed by atoms with Crippen molar-refractivity contribution < 1.29 is 82.0 Å². The number of carbonyl (C=O) groups excluding carboxylic acids is 4. The minimum atomic E-state index is -4.74. The van der Waals surface area contributed by atoms with Crippen molar-refractivity contribution in [2.45, 2.75) is 127 Å². The van der Waals surface area contributed by atoms with Crippen LogP contribution in [0.15, 0.2) is 94.9 Å². The molecule has 2 saturated heterocycles. The van der Waals surface area contributed by atoms with E-state index in [4.69, 9.17) is 9.47 Å². The smallest absolute Gasteiger partial charge is 0.416 e. The number of hydrogen-bond donors (Lipinski definition) is 4. The molecule has 4 amide bonds. The second-order valence-corrected chi connectivity index (χ2v) is 28.4. The lowest BCUT2D eigenvalue weighted by atomic mass is 9.89. The number of nitrogens with zero attached hydrogens (tertiary/aromatic N) is 6. The van der Waals surface area contributed by atoms with Crippen LogP contribution in [0.3, 0.4) is 0 Å². The Morgan fingerprint density at radius 3 is 1.38 bits per heavy atom. The first-order valence-corrected chi connectivity index (χ1v) is 33.8. The molecule has 10 aliphatic heterocycles. The van der Waals surface area contributed by atoms with Gasteiger partial charge in [-0.15, -0.1) is 0 Å². The van der Waals surface area contributed by atoms with Gasteiger partial charge in [0.15, 0.2) is 0 Å². The Morgan fingerprint density at radius 2 is 0.946 bits per heavy atom. The lowest BCUT2D eigenvalue weighted by molar-refractivity contribution is -0.138. The largest absolute Gasteiger partial charge is 0.493 e. The van der Waals surface area contributed by atoms with Crippen LogP contribution in [-0.4, -0.2) is 182 Å². The highest BCUT2D eigenvalue weighted by Gasteiger charge is 2.50. The van der Waals surface area contributed by atoms with Gasteiger partial charge in [0.05, 0.1) is 48.1 Å². The second-order valence-electron chi connectivity index (χ2n) is 24.2. The quantitative estimate of drug-likeness (QED) is 0.101. The molecule has 2 unspecified atom stereocenters. The molecule has 2 spiro atoms. The number of halogens is 6. The van der Waals surface area contributed by atoms with Gasteiger partial charge in [-0.05, 0) is 167 Å². The molecule has 14 rings (SSSR count). The van der Waals surface area contributed by atoms with E-state index in [0.29, 0.717) is 43.5 Å². The number of carbonyl (C=O) groups is 4. The van der Waals surface area contributed by atoms with Gasteiger partial charge < -0.3 is 40.1 Å². The summed E-state index contributed by atoms with van der Waals surface area (Å²) in [6.07, 6.45) is -4.81. The standard InChI is InChI=1S/C32H39F3N4O7S.C32H37F3N4O5S/c1-20-16-22-6-5-21(20)8-15-47(44,45)39-12-9-31(10-13-39)30(43)36-28(37-31)23-17-24(32(33,34)35)19-25(18-23)46-14-7-27(41)26(40)4-3-11-38(2)29(22)42;1-22-18-24-9-8-23(22)10-17-45(42,43)39-14-11-31(12-15-39)30(41)36-28(37-31)25-19-26(32(33,34)35)21-27(20-25)44-16-7-5-3-4-6-13-38(2)29(24)40/h5-6,16-19,26-27,40-41H,3-4,7-15H2,1-2H3,(H,36,37,43);3,5,8-9,18-21H,4,6-7,10-17H2,1-2H3,(H,36,37,41). The zero-order chi connectivity index (χ0) is 66.6. The number of aryl methyl sites for hydroxylation is 4. The Morgan fingerprint density at radius 1 is 0.533 bits per heavy atom. The minimum absolute atomic E-state index is 0.00313. The van der Waals surface area contributed by atoms with Crippen molar-refractivity contribution >= 4 is 55.3 Å². The maximum atomic E-state index is 13.8. The molecule has 20 nitrogen and oxygen atoms in total. The van der Waals surface area contributed by atoms with Gasteiger partial charge in [-0.25, -0.2) is 25.4 Å². The summed E-state index contributed by atoms with van der Waals surface area (Å²) in [7, 11) is -4.04. The van der Waals surface area contributed by atoms with Crippen LogP contribution in [0.4, 0.5) is 26.3 Å². The third kappa shape index (κ3) is 16.4. The number of ether oxygens (including phenoxy) is 2. The summed E-state index contributed by atoms with van der Waals surface area (Å²) in [5.74, 6) is -1.91. The van der Waals surface area contributed by atoms with Crippen molar-refractivity contribution in [3.8, 4) is 11.5 Å². The zero-order valence-corrected chi connectivity index (χ0v) is 53.2. The molecule has 4 aromatic carbocycles. The monoisotopic (exact) mass is 1330 g/mol. The van der Waals surface area contributed by atoms with E-state index in [1.54, 1.807) is 62.3 Å². The number of aliphatic hydroxyl groups is 2. The van der Waals surface area contributed by atoms with E-state index in [9.17, 15) is 72.6 Å². The van der Waals surface area contributed by atoms with Gasteiger partial charge in [0.25, 0.3) is 23.6 Å². The molecule has 498 valence electrons. The van der Waals surface area contributed by atoms with Gasteiger partial charge in [-0.3, -0.25) is 29.2 Å². The molecule has 2 fully saturated rings. The Kier molecular flexibility index (Phi) is 21.1. The Bertz CT molecular complexity index is 3770. The maximum absolute atomic E-state index is 13.8. The number of nitrogens with one attached hydrogen (secondary N) is 2. The van der Waals surface area contributed by atoms with Gasteiger partial charge in [0, 0.05) is 82.0 Å². The van der Waals surface area contributed by atoms with Crippen LogP contribution in [0.5, 0.6) is 11.5 Å². The highest BCUT2D eigenvalue weighted by Crippen LogP contribution is 2.39. The van der Waals surface area contributed by atoms with E-state index < -0.39 is 78.6 Å². The molecule has 0 saturated carbocycles. The van der Waals surface area contributed by atoms with Crippen LogP contribution < -0.4 is 20.1 Å². The lowest BCUT2D eigenvalue weighted by Crippen LogP contribution is -2.50. The molecule has 4 N–H and O–H groups in total. The number of aliphatic imine (C=N–C) groups is 2. The van der Waals surface area contributed by atoms with Crippen LogP contribution in [0.1, 0.15) is 129 Å². The van der Waals surface area contributed by atoms with Crippen molar-refractivity contribution in [3.63, 3.8) is 0 Å². The number of alkyl halides is 6. The molecule has 14 bridgehead atoms. The first kappa shape index (κ1) is 69.1. The summed E-state index contributed by atoms with van der Waals surface area (Å²) >= 11 is 0. The molecule has 10 heterocycles. The number of fused-ring (bicyclic) bond motifs is 4. The fourth-order valence-electron chi connectivity index (χ4n) is 12.0. The van der Waals surface area contributed by atoms with Crippen LogP contribution in [-0.2, 0) is 54.8 Å². The average Bonchev–Trinajstić information content (AvgIpc) is 1.60. The van der Waals surface area contributed by atoms with Gasteiger partial charge in [-0.2, -0.15) is 26.3 Å². The predicted octanol–water partition coefficient (Wildman–Crippen LogP) is 7.14. The number of amidine groups is 2. The fourth-order valence-corrected chi connectivity index (χ4v) is 14.9. The van der Waals surface area contributed by atoms with Gasteiger partial charge in [0.1, 0.15) is 34.2 Å². The van der Waals surface area contributed by atoms with E-state index in [2.05, 4.69) is 20.6 Å². The van der Waals surface area contributed by atoms with E-state index in [0.717, 1.165) is 52.9 Å². The van der Waals surface area contributed by atoms with Crippen LogP contribution in [0.25, 0.3) is 0 Å². The molecule has 10 aliphatic rings. The zero-order valence-electron chi connectivity index (χ0n) is 51.5.